The number of esters is 1. The van der Waals surface area contributed by atoms with Gasteiger partial charge in [0.2, 0.25) is 5.75 Å². The molecule has 178 valence electrons. The number of nitro groups is 1. The normalized spacial score (nSPS) is 11.2. The van der Waals surface area contributed by atoms with Crippen LogP contribution in [-0.4, -0.2) is 40.0 Å². The van der Waals surface area contributed by atoms with Crippen molar-refractivity contribution in [1.29, 1.82) is 0 Å². The minimum absolute atomic E-state index is 0.0957. The van der Waals surface area contributed by atoms with Gasteiger partial charge in [-0.2, -0.15) is 9.78 Å². The predicted octanol–water partition coefficient (Wildman–Crippen LogP) is 4.50. The third-order valence-electron chi connectivity index (χ3n) is 4.55. The summed E-state index contributed by atoms with van der Waals surface area (Å²) in [7, 11) is 0. The van der Waals surface area contributed by atoms with Crippen LogP contribution in [-0.2, 0) is 16.0 Å². The Bertz CT molecular complexity index is 1340. The third-order valence-corrected chi connectivity index (χ3v) is 5.33. The van der Waals surface area contributed by atoms with E-state index in [1.807, 2.05) is 6.92 Å². The van der Waals surface area contributed by atoms with Crippen LogP contribution in [0.25, 0.3) is 10.9 Å². The molecule has 0 aliphatic rings. The molecule has 0 unspecified atom stereocenters. The van der Waals surface area contributed by atoms with Crippen molar-refractivity contribution in [3.05, 3.63) is 71.7 Å². The van der Waals surface area contributed by atoms with Gasteiger partial charge in [0.25, 0.3) is 5.56 Å². The maximum Gasteiger partial charge on any atom is 0.344 e. The van der Waals surface area contributed by atoms with E-state index in [-0.39, 0.29) is 28.5 Å². The van der Waals surface area contributed by atoms with E-state index in [0.29, 0.717) is 23.1 Å². The van der Waals surface area contributed by atoms with Gasteiger partial charge in [0.05, 0.1) is 33.7 Å². The van der Waals surface area contributed by atoms with E-state index < -0.39 is 23.2 Å². The number of ether oxygens (including phenoxy) is 2. The van der Waals surface area contributed by atoms with Crippen LogP contribution in [0.15, 0.2) is 44.7 Å². The molecule has 0 aliphatic carbocycles. The number of carbonyl (C=O) groups is 1. The lowest BCUT2D eigenvalue weighted by molar-refractivity contribution is -0.385. The van der Waals surface area contributed by atoms with Crippen LogP contribution in [0.2, 0.25) is 5.02 Å². The molecule has 0 fully saturated rings. The molecule has 0 bridgehead atoms. The molecule has 3 aromatic rings. The molecule has 1 aromatic heterocycles. The van der Waals surface area contributed by atoms with Gasteiger partial charge in [0, 0.05) is 22.5 Å². The number of hydrogen-bond donors (Lipinski definition) is 0. The van der Waals surface area contributed by atoms with Crippen LogP contribution in [0.5, 0.6) is 5.75 Å². The number of carbonyl (C=O) groups excluding carboxylic acids is 1. The number of benzene rings is 2. The summed E-state index contributed by atoms with van der Waals surface area (Å²) in [5, 5.41) is 16.1. The van der Waals surface area contributed by atoms with Crippen molar-refractivity contribution in [2.24, 2.45) is 5.10 Å². The summed E-state index contributed by atoms with van der Waals surface area (Å²) in [5.74, 6) is -0.497. The fourth-order valence-electron chi connectivity index (χ4n) is 3.11. The van der Waals surface area contributed by atoms with E-state index in [4.69, 9.17) is 21.1 Å². The van der Waals surface area contributed by atoms with Gasteiger partial charge in [-0.05, 0) is 37.6 Å². The standard InChI is InChI=1S/C22H20BrClN4O6/c1-3-5-19-26-17-7-6-14(23)10-15(17)22(30)27(19)25-11-13-8-16(24)21(18(9-13)28(31)32)34-12-20(29)33-4-2/h6-11H,3-5,12H2,1-2H3. The first-order chi connectivity index (χ1) is 16.2. The van der Waals surface area contributed by atoms with Crippen molar-refractivity contribution in [3.8, 4) is 5.75 Å². The summed E-state index contributed by atoms with van der Waals surface area (Å²) >= 11 is 9.55. The van der Waals surface area contributed by atoms with Gasteiger partial charge in [0.15, 0.2) is 6.61 Å². The molecule has 0 aliphatic heterocycles. The fourth-order valence-corrected chi connectivity index (χ4v) is 3.75. The Morgan fingerprint density at radius 3 is 2.76 bits per heavy atom. The molecule has 0 saturated carbocycles. The van der Waals surface area contributed by atoms with E-state index in [9.17, 15) is 19.7 Å². The first-order valence-electron chi connectivity index (χ1n) is 10.3. The van der Waals surface area contributed by atoms with Crippen molar-refractivity contribution in [2.75, 3.05) is 13.2 Å². The molecule has 10 nitrogen and oxygen atoms in total. The van der Waals surface area contributed by atoms with E-state index in [1.54, 1.807) is 25.1 Å². The zero-order chi connectivity index (χ0) is 24.8. The highest BCUT2D eigenvalue weighted by Gasteiger charge is 2.22. The second kappa shape index (κ2) is 11.2. The minimum atomic E-state index is -0.687. The van der Waals surface area contributed by atoms with Crippen LogP contribution in [0.4, 0.5) is 5.69 Å². The zero-order valence-corrected chi connectivity index (χ0v) is 20.6. The quantitative estimate of drug-likeness (QED) is 0.166. The highest BCUT2D eigenvalue weighted by molar-refractivity contribution is 9.10. The summed E-state index contributed by atoms with van der Waals surface area (Å²) in [6, 6.07) is 7.76. The molecule has 34 heavy (non-hydrogen) atoms. The zero-order valence-electron chi connectivity index (χ0n) is 18.3. The smallest absolute Gasteiger partial charge is 0.344 e. The average molecular weight is 552 g/mol. The summed E-state index contributed by atoms with van der Waals surface area (Å²) in [6.45, 7) is 3.19. The second-order valence-electron chi connectivity index (χ2n) is 7.00. The van der Waals surface area contributed by atoms with Gasteiger partial charge in [-0.1, -0.05) is 34.5 Å². The van der Waals surface area contributed by atoms with Gasteiger partial charge < -0.3 is 9.47 Å². The van der Waals surface area contributed by atoms with Crippen molar-refractivity contribution in [3.63, 3.8) is 0 Å². The predicted molar refractivity (Wildman–Crippen MR) is 131 cm³/mol. The summed E-state index contributed by atoms with van der Waals surface area (Å²) in [5.41, 5.74) is -0.0327. The van der Waals surface area contributed by atoms with Crippen molar-refractivity contribution in [2.45, 2.75) is 26.7 Å². The summed E-state index contributed by atoms with van der Waals surface area (Å²) in [4.78, 5) is 40.1. The van der Waals surface area contributed by atoms with Gasteiger partial charge in [-0.25, -0.2) is 9.78 Å². The first-order valence-corrected chi connectivity index (χ1v) is 11.4. The Kier molecular flexibility index (Phi) is 8.35. The molecule has 3 rings (SSSR count). The van der Waals surface area contributed by atoms with Crippen molar-refractivity contribution < 1.29 is 19.2 Å². The number of nitro benzene ring substituents is 1. The van der Waals surface area contributed by atoms with Gasteiger partial charge in [-0.3, -0.25) is 14.9 Å². The molecular weight excluding hydrogens is 532 g/mol. The van der Waals surface area contributed by atoms with Crippen LogP contribution in [0.1, 0.15) is 31.7 Å². The molecule has 1 heterocycles. The molecule has 0 N–H and O–H groups in total. The maximum absolute atomic E-state index is 13.1. The highest BCUT2D eigenvalue weighted by Crippen LogP contribution is 2.36. The van der Waals surface area contributed by atoms with Gasteiger partial charge in [0.1, 0.15) is 5.82 Å². The molecular formula is C22H20BrClN4O6. The van der Waals surface area contributed by atoms with E-state index in [0.717, 1.165) is 10.9 Å². The molecule has 0 amide bonds. The third kappa shape index (κ3) is 5.78. The lowest BCUT2D eigenvalue weighted by Crippen LogP contribution is -2.22. The lowest BCUT2D eigenvalue weighted by Gasteiger charge is -2.10. The van der Waals surface area contributed by atoms with Crippen molar-refractivity contribution >= 4 is 56.3 Å². The Balaban J connectivity index is 2.03. The number of aryl methyl sites for hydroxylation is 1. The largest absolute Gasteiger partial charge is 0.474 e. The van der Waals surface area contributed by atoms with E-state index in [2.05, 4.69) is 26.0 Å². The Morgan fingerprint density at radius 2 is 2.09 bits per heavy atom. The minimum Gasteiger partial charge on any atom is -0.474 e. The molecule has 0 saturated heterocycles. The number of aromatic nitrogens is 2. The SMILES string of the molecule is CCCc1nc2ccc(Br)cc2c(=O)n1N=Cc1cc(Cl)c(OCC(=O)OCC)c([N+](=O)[O-])c1. The lowest BCUT2D eigenvalue weighted by atomic mass is 10.2. The number of fused-ring (bicyclic) bond motifs is 1. The second-order valence-corrected chi connectivity index (χ2v) is 8.33. The first kappa shape index (κ1) is 25.3. The summed E-state index contributed by atoms with van der Waals surface area (Å²) in [6.07, 6.45) is 2.51. The summed E-state index contributed by atoms with van der Waals surface area (Å²) < 4.78 is 11.9. The van der Waals surface area contributed by atoms with E-state index >= 15 is 0 Å². The van der Waals surface area contributed by atoms with Crippen LogP contribution in [0.3, 0.4) is 0 Å². The molecule has 2 aromatic carbocycles. The Morgan fingerprint density at radius 1 is 1.32 bits per heavy atom. The topological polar surface area (TPSA) is 126 Å². The van der Waals surface area contributed by atoms with Crippen LogP contribution < -0.4 is 10.3 Å². The molecule has 0 atom stereocenters. The number of rotatable bonds is 9. The number of hydrogen-bond acceptors (Lipinski definition) is 8. The number of halogens is 2. The van der Waals surface area contributed by atoms with Crippen LogP contribution in [0, 0.1) is 10.1 Å². The van der Waals surface area contributed by atoms with Crippen molar-refractivity contribution in [1.82, 2.24) is 9.66 Å². The highest BCUT2D eigenvalue weighted by atomic mass is 79.9. The molecule has 12 heteroatoms. The average Bonchev–Trinajstić information content (AvgIpc) is 2.78. The Labute approximate surface area is 207 Å². The number of nitrogens with zero attached hydrogens (tertiary/aromatic N) is 4. The maximum atomic E-state index is 13.1. The van der Waals surface area contributed by atoms with Gasteiger partial charge in [-0.15, -0.1) is 0 Å². The fraction of sp³-hybridized carbons (Fsp3) is 0.273. The molecule has 0 radical (unpaired) electrons. The van der Waals surface area contributed by atoms with Crippen LogP contribution >= 0.6 is 27.5 Å². The molecule has 0 spiro atoms. The van der Waals surface area contributed by atoms with Gasteiger partial charge >= 0.3 is 11.7 Å². The monoisotopic (exact) mass is 550 g/mol. The van der Waals surface area contributed by atoms with E-state index in [1.165, 1.54) is 23.0 Å². The Hall–Kier alpha value is -3.31.